The Kier molecular flexibility index (Phi) is 8.82. The van der Waals surface area contributed by atoms with Crippen LogP contribution >= 0.6 is 0 Å². The Hall–Kier alpha value is -5.54. The molecular formula is C28H25F3N6O7. The maximum Gasteiger partial charge on any atom is 0.416 e. The minimum atomic E-state index is -4.77. The zero-order chi connectivity index (χ0) is 32.2. The molecule has 230 valence electrons. The average Bonchev–Trinajstić information content (AvgIpc) is 3.62. The molecule has 2 amide bonds. The summed E-state index contributed by atoms with van der Waals surface area (Å²) in [5.41, 5.74) is -0.586. The number of benzene rings is 1. The molecule has 0 atom stereocenters. The van der Waals surface area contributed by atoms with Crippen LogP contribution in [0.2, 0.25) is 0 Å². The van der Waals surface area contributed by atoms with Crippen molar-refractivity contribution in [2.75, 3.05) is 23.9 Å². The van der Waals surface area contributed by atoms with Crippen molar-refractivity contribution in [3.63, 3.8) is 0 Å². The highest BCUT2D eigenvalue weighted by Gasteiger charge is 2.36. The van der Waals surface area contributed by atoms with E-state index in [2.05, 4.69) is 20.4 Å². The van der Waals surface area contributed by atoms with Gasteiger partial charge in [-0.05, 0) is 57.2 Å². The number of amides is 2. The van der Waals surface area contributed by atoms with Crippen molar-refractivity contribution >= 4 is 35.8 Å². The molecule has 0 unspecified atom stereocenters. The Balaban J connectivity index is 1.59. The SMILES string of the molecule is COC(=O)c1nn(-c2ccc(C=O)cc2)cc1NC(=O)c1coc(-c2ccnc(N(CC(F)(F)F)C(=O)OC(C)(C)C)c2)n1. The molecular weight excluding hydrogens is 589 g/mol. The highest BCUT2D eigenvalue weighted by Crippen LogP contribution is 2.27. The maximum absolute atomic E-state index is 13.3. The lowest BCUT2D eigenvalue weighted by Crippen LogP contribution is -2.42. The van der Waals surface area contributed by atoms with Crippen LogP contribution in [0.5, 0.6) is 0 Å². The number of aromatic nitrogens is 4. The number of halogens is 3. The number of alkyl halides is 3. The number of carbonyl (C=O) groups excluding carboxylic acids is 4. The maximum atomic E-state index is 13.3. The molecule has 0 spiro atoms. The highest BCUT2D eigenvalue weighted by molar-refractivity contribution is 6.06. The number of nitrogens with zero attached hydrogens (tertiary/aromatic N) is 5. The molecule has 3 aromatic heterocycles. The Morgan fingerprint density at radius 1 is 1.11 bits per heavy atom. The molecule has 4 rings (SSSR count). The van der Waals surface area contributed by atoms with E-state index < -0.39 is 42.1 Å². The van der Waals surface area contributed by atoms with Gasteiger partial charge in [0.2, 0.25) is 5.89 Å². The third-order valence-electron chi connectivity index (χ3n) is 5.59. The normalized spacial score (nSPS) is 11.5. The van der Waals surface area contributed by atoms with Crippen LogP contribution in [-0.2, 0) is 9.47 Å². The number of hydrogen-bond acceptors (Lipinski definition) is 10. The van der Waals surface area contributed by atoms with E-state index in [-0.39, 0.29) is 28.5 Å². The van der Waals surface area contributed by atoms with Crippen LogP contribution in [0.25, 0.3) is 17.1 Å². The molecule has 4 aromatic rings. The molecule has 1 aromatic carbocycles. The standard InChI is InChI=1S/C28H25F3N6O7/c1-27(2,3)44-26(41)36(15-28(29,30)31)21-11-17(9-10-32-21)24-34-20(14-43-24)23(39)33-19-12-37(35-22(19)25(40)42-4)18-7-5-16(13-38)6-8-18/h5-14H,15H2,1-4H3,(H,33,39). The fraction of sp³-hybridized carbons (Fsp3) is 0.250. The zero-order valence-corrected chi connectivity index (χ0v) is 23.7. The van der Waals surface area contributed by atoms with Crippen molar-refractivity contribution in [3.8, 4) is 17.1 Å². The Morgan fingerprint density at radius 3 is 2.43 bits per heavy atom. The van der Waals surface area contributed by atoms with Crippen LogP contribution in [0.4, 0.5) is 29.5 Å². The summed E-state index contributed by atoms with van der Waals surface area (Å²) in [6.45, 7) is 2.84. The number of pyridine rings is 1. The molecule has 0 radical (unpaired) electrons. The first-order valence-electron chi connectivity index (χ1n) is 12.7. The second kappa shape index (κ2) is 12.4. The van der Waals surface area contributed by atoms with E-state index in [9.17, 15) is 32.3 Å². The fourth-order valence-electron chi connectivity index (χ4n) is 3.68. The van der Waals surface area contributed by atoms with Crippen LogP contribution in [-0.4, -0.2) is 69.4 Å². The van der Waals surface area contributed by atoms with E-state index in [1.165, 1.54) is 49.8 Å². The van der Waals surface area contributed by atoms with Gasteiger partial charge in [-0.25, -0.2) is 24.2 Å². The van der Waals surface area contributed by atoms with Gasteiger partial charge < -0.3 is 19.2 Å². The van der Waals surface area contributed by atoms with Gasteiger partial charge in [-0.1, -0.05) is 0 Å². The summed E-state index contributed by atoms with van der Waals surface area (Å²) in [4.78, 5) is 57.2. The number of aldehydes is 1. The number of nitrogens with one attached hydrogen (secondary N) is 1. The fourth-order valence-corrected chi connectivity index (χ4v) is 3.68. The van der Waals surface area contributed by atoms with E-state index >= 15 is 0 Å². The lowest BCUT2D eigenvalue weighted by atomic mass is 10.2. The van der Waals surface area contributed by atoms with E-state index in [1.54, 1.807) is 12.1 Å². The number of methoxy groups -OCH3 is 1. The Labute approximate surface area is 247 Å². The van der Waals surface area contributed by atoms with Crippen molar-refractivity contribution in [1.82, 2.24) is 19.7 Å². The minimum Gasteiger partial charge on any atom is -0.464 e. The van der Waals surface area contributed by atoms with Gasteiger partial charge >= 0.3 is 18.2 Å². The van der Waals surface area contributed by atoms with Gasteiger partial charge in [0.25, 0.3) is 5.91 Å². The predicted molar refractivity (Wildman–Crippen MR) is 148 cm³/mol. The average molecular weight is 615 g/mol. The number of hydrogen-bond donors (Lipinski definition) is 1. The van der Waals surface area contributed by atoms with Crippen LogP contribution in [0.15, 0.2) is 59.5 Å². The molecule has 3 heterocycles. The number of oxazole rings is 1. The lowest BCUT2D eigenvalue weighted by Gasteiger charge is -2.27. The highest BCUT2D eigenvalue weighted by atomic mass is 19.4. The lowest BCUT2D eigenvalue weighted by molar-refractivity contribution is -0.119. The van der Waals surface area contributed by atoms with Gasteiger partial charge in [-0.15, -0.1) is 0 Å². The summed E-state index contributed by atoms with van der Waals surface area (Å²) >= 11 is 0. The summed E-state index contributed by atoms with van der Waals surface area (Å²) in [5, 5.41) is 6.66. The molecule has 0 fully saturated rings. The van der Waals surface area contributed by atoms with Crippen molar-refractivity contribution in [1.29, 1.82) is 0 Å². The molecule has 0 bridgehead atoms. The largest absolute Gasteiger partial charge is 0.464 e. The number of carbonyl (C=O) groups is 4. The first-order chi connectivity index (χ1) is 20.7. The summed E-state index contributed by atoms with van der Waals surface area (Å²) in [6.07, 6.45) is -1.89. The van der Waals surface area contributed by atoms with Gasteiger partial charge in [-0.2, -0.15) is 18.3 Å². The summed E-state index contributed by atoms with van der Waals surface area (Å²) in [5.74, 6) is -2.23. The molecule has 1 N–H and O–H groups in total. The van der Waals surface area contributed by atoms with Gasteiger partial charge in [-0.3, -0.25) is 14.5 Å². The van der Waals surface area contributed by atoms with Crippen molar-refractivity contribution in [2.45, 2.75) is 32.5 Å². The molecule has 0 saturated carbocycles. The monoisotopic (exact) mass is 614 g/mol. The first kappa shape index (κ1) is 31.4. The topological polar surface area (TPSA) is 159 Å². The zero-order valence-electron chi connectivity index (χ0n) is 23.7. The Morgan fingerprint density at radius 2 is 1.82 bits per heavy atom. The molecule has 0 aliphatic heterocycles. The molecule has 44 heavy (non-hydrogen) atoms. The Bertz CT molecular complexity index is 1690. The molecule has 0 aliphatic carbocycles. The van der Waals surface area contributed by atoms with E-state index in [4.69, 9.17) is 13.9 Å². The smallest absolute Gasteiger partial charge is 0.416 e. The summed E-state index contributed by atoms with van der Waals surface area (Å²) < 4.78 is 56.5. The van der Waals surface area contributed by atoms with E-state index in [1.807, 2.05) is 0 Å². The number of anilines is 2. The van der Waals surface area contributed by atoms with Crippen molar-refractivity contribution < 1.29 is 46.2 Å². The van der Waals surface area contributed by atoms with Crippen molar-refractivity contribution in [3.05, 3.63) is 72.0 Å². The van der Waals surface area contributed by atoms with Crippen LogP contribution in [0, 0.1) is 0 Å². The third-order valence-corrected chi connectivity index (χ3v) is 5.59. The third kappa shape index (κ3) is 7.64. The number of rotatable bonds is 8. The number of esters is 1. The van der Waals surface area contributed by atoms with E-state index in [0.29, 0.717) is 22.4 Å². The molecule has 0 aliphatic rings. The molecule has 0 saturated heterocycles. The van der Waals surface area contributed by atoms with Gasteiger partial charge in [0.1, 0.15) is 30.5 Å². The van der Waals surface area contributed by atoms with Gasteiger partial charge in [0.05, 0.1) is 24.7 Å². The van der Waals surface area contributed by atoms with Gasteiger partial charge in [0, 0.05) is 17.3 Å². The molecule has 13 nitrogen and oxygen atoms in total. The van der Waals surface area contributed by atoms with Crippen LogP contribution in [0.3, 0.4) is 0 Å². The second-order valence-electron chi connectivity index (χ2n) is 10.1. The quantitative estimate of drug-likeness (QED) is 0.210. The van der Waals surface area contributed by atoms with E-state index in [0.717, 1.165) is 25.6 Å². The molecule has 16 heteroatoms. The number of ether oxygens (including phenoxy) is 2. The first-order valence-corrected chi connectivity index (χ1v) is 12.7. The van der Waals surface area contributed by atoms with Gasteiger partial charge in [0.15, 0.2) is 11.4 Å². The minimum absolute atomic E-state index is 0.0304. The predicted octanol–water partition coefficient (Wildman–Crippen LogP) is 5.08. The second-order valence-corrected chi connectivity index (χ2v) is 10.1. The summed E-state index contributed by atoms with van der Waals surface area (Å²) in [6, 6.07) is 8.71. The van der Waals surface area contributed by atoms with Crippen molar-refractivity contribution in [2.24, 2.45) is 0 Å². The summed E-state index contributed by atoms with van der Waals surface area (Å²) in [7, 11) is 1.14. The van der Waals surface area contributed by atoms with Crippen LogP contribution in [0.1, 0.15) is 52.1 Å². The van der Waals surface area contributed by atoms with Crippen LogP contribution < -0.4 is 10.2 Å².